The van der Waals surface area contributed by atoms with Crippen LogP contribution in [0.4, 0.5) is 0 Å². The molecule has 1 amide bonds. The predicted molar refractivity (Wildman–Crippen MR) is 54.7 cm³/mol. The van der Waals surface area contributed by atoms with Gasteiger partial charge in [-0.05, 0) is 25.0 Å². The first-order chi connectivity index (χ1) is 6.58. The lowest BCUT2D eigenvalue weighted by atomic mass is 10.1. The molecule has 14 heavy (non-hydrogen) atoms. The molecule has 0 unspecified atom stereocenters. The minimum Gasteiger partial charge on any atom is -0.465 e. The number of rotatable bonds is 4. The maximum absolute atomic E-state index is 11.3. The van der Waals surface area contributed by atoms with Crippen molar-refractivity contribution < 1.29 is 9.21 Å². The van der Waals surface area contributed by atoms with Gasteiger partial charge < -0.3 is 9.73 Å². The Kier molecular flexibility index (Phi) is 3.74. The zero-order valence-corrected chi connectivity index (χ0v) is 8.96. The highest BCUT2D eigenvalue weighted by Gasteiger charge is 2.05. The van der Waals surface area contributed by atoms with E-state index in [9.17, 15) is 4.79 Å². The minimum absolute atomic E-state index is 0.0778. The van der Waals surface area contributed by atoms with Crippen LogP contribution in [-0.4, -0.2) is 5.91 Å². The first kappa shape index (κ1) is 10.8. The van der Waals surface area contributed by atoms with E-state index < -0.39 is 0 Å². The van der Waals surface area contributed by atoms with Crippen LogP contribution in [0, 0.1) is 12.8 Å². The molecule has 0 saturated carbocycles. The Morgan fingerprint density at radius 2 is 2.21 bits per heavy atom. The summed E-state index contributed by atoms with van der Waals surface area (Å²) in [4.78, 5) is 11.3. The average molecular weight is 195 g/mol. The Labute approximate surface area is 84.5 Å². The molecule has 0 aliphatic heterocycles. The molecule has 78 valence electrons. The summed E-state index contributed by atoms with van der Waals surface area (Å²) in [7, 11) is 0. The van der Waals surface area contributed by atoms with Crippen molar-refractivity contribution in [1.82, 2.24) is 5.32 Å². The first-order valence-corrected chi connectivity index (χ1v) is 4.90. The van der Waals surface area contributed by atoms with Gasteiger partial charge in [0.05, 0.1) is 6.54 Å². The molecule has 0 saturated heterocycles. The summed E-state index contributed by atoms with van der Waals surface area (Å²) in [6.45, 7) is 6.42. The van der Waals surface area contributed by atoms with Crippen LogP contribution in [0.25, 0.3) is 0 Å². The van der Waals surface area contributed by atoms with Gasteiger partial charge in [-0.15, -0.1) is 0 Å². The number of carbonyl (C=O) groups excluding carboxylic acids is 1. The van der Waals surface area contributed by atoms with E-state index in [0.717, 1.165) is 11.5 Å². The SMILES string of the molecule is Cc1ccc(CNC(=O)CC(C)C)o1. The third kappa shape index (κ3) is 3.64. The zero-order valence-electron chi connectivity index (χ0n) is 8.96. The highest BCUT2D eigenvalue weighted by Crippen LogP contribution is 2.06. The molecule has 1 rings (SSSR count). The molecule has 0 aliphatic rings. The Bertz CT molecular complexity index is 302. The molecule has 3 nitrogen and oxygen atoms in total. The van der Waals surface area contributed by atoms with Gasteiger partial charge in [0.2, 0.25) is 5.91 Å². The second kappa shape index (κ2) is 4.84. The summed E-state index contributed by atoms with van der Waals surface area (Å²) in [6.07, 6.45) is 0.569. The van der Waals surface area contributed by atoms with E-state index in [0.29, 0.717) is 18.9 Å². The van der Waals surface area contributed by atoms with Crippen LogP contribution in [-0.2, 0) is 11.3 Å². The smallest absolute Gasteiger partial charge is 0.220 e. The Hall–Kier alpha value is -1.25. The quantitative estimate of drug-likeness (QED) is 0.800. The van der Waals surface area contributed by atoms with Crippen molar-refractivity contribution in [3.8, 4) is 0 Å². The van der Waals surface area contributed by atoms with Crippen LogP contribution < -0.4 is 5.32 Å². The summed E-state index contributed by atoms with van der Waals surface area (Å²) < 4.78 is 5.32. The highest BCUT2D eigenvalue weighted by molar-refractivity contribution is 5.75. The lowest BCUT2D eigenvalue weighted by Crippen LogP contribution is -2.23. The summed E-state index contributed by atoms with van der Waals surface area (Å²) in [6, 6.07) is 3.77. The van der Waals surface area contributed by atoms with Crippen molar-refractivity contribution >= 4 is 5.91 Å². The maximum atomic E-state index is 11.3. The summed E-state index contributed by atoms with van der Waals surface area (Å²) in [5.74, 6) is 2.15. The van der Waals surface area contributed by atoms with E-state index in [-0.39, 0.29) is 5.91 Å². The van der Waals surface area contributed by atoms with Crippen LogP contribution in [0.1, 0.15) is 31.8 Å². The first-order valence-electron chi connectivity index (χ1n) is 4.90. The third-order valence-corrected chi connectivity index (χ3v) is 1.85. The number of hydrogen-bond acceptors (Lipinski definition) is 2. The lowest BCUT2D eigenvalue weighted by molar-refractivity contribution is -0.122. The molecule has 0 radical (unpaired) electrons. The van der Waals surface area contributed by atoms with E-state index in [1.807, 2.05) is 32.9 Å². The maximum Gasteiger partial charge on any atom is 0.220 e. The summed E-state index contributed by atoms with van der Waals surface area (Å²) in [5, 5.41) is 2.81. The van der Waals surface area contributed by atoms with Crippen molar-refractivity contribution in [2.24, 2.45) is 5.92 Å². The Balaban J connectivity index is 2.30. The standard InChI is InChI=1S/C11H17NO2/c1-8(2)6-11(13)12-7-10-5-4-9(3)14-10/h4-5,8H,6-7H2,1-3H3,(H,12,13). The number of amides is 1. The molecular weight excluding hydrogens is 178 g/mol. The van der Waals surface area contributed by atoms with E-state index >= 15 is 0 Å². The van der Waals surface area contributed by atoms with Crippen LogP contribution in [0.15, 0.2) is 16.5 Å². The molecule has 0 aromatic carbocycles. The number of hydrogen-bond donors (Lipinski definition) is 1. The van der Waals surface area contributed by atoms with Crippen molar-refractivity contribution in [2.75, 3.05) is 0 Å². The molecule has 1 heterocycles. The molecule has 1 aromatic heterocycles. The van der Waals surface area contributed by atoms with E-state index in [2.05, 4.69) is 5.32 Å². The fourth-order valence-corrected chi connectivity index (χ4v) is 1.21. The highest BCUT2D eigenvalue weighted by atomic mass is 16.3. The Morgan fingerprint density at radius 3 is 2.71 bits per heavy atom. The van der Waals surface area contributed by atoms with Gasteiger partial charge in [-0.2, -0.15) is 0 Å². The van der Waals surface area contributed by atoms with Crippen molar-refractivity contribution in [2.45, 2.75) is 33.7 Å². The van der Waals surface area contributed by atoms with Crippen LogP contribution in [0.5, 0.6) is 0 Å². The van der Waals surface area contributed by atoms with Crippen molar-refractivity contribution in [3.05, 3.63) is 23.7 Å². The van der Waals surface area contributed by atoms with Gasteiger partial charge >= 0.3 is 0 Å². The van der Waals surface area contributed by atoms with Crippen LogP contribution in [0.3, 0.4) is 0 Å². The molecule has 0 atom stereocenters. The average Bonchev–Trinajstić information content (AvgIpc) is 2.47. The molecule has 0 aliphatic carbocycles. The van der Waals surface area contributed by atoms with Gasteiger partial charge in [0.15, 0.2) is 0 Å². The number of aryl methyl sites for hydroxylation is 1. The molecular formula is C11H17NO2. The number of carbonyl (C=O) groups is 1. The van der Waals surface area contributed by atoms with Gasteiger partial charge in [0.25, 0.3) is 0 Å². The van der Waals surface area contributed by atoms with Gasteiger partial charge in [0.1, 0.15) is 11.5 Å². The molecule has 1 N–H and O–H groups in total. The van der Waals surface area contributed by atoms with Crippen LogP contribution in [0.2, 0.25) is 0 Å². The summed E-state index contributed by atoms with van der Waals surface area (Å²) >= 11 is 0. The zero-order chi connectivity index (χ0) is 10.6. The normalized spacial score (nSPS) is 10.6. The van der Waals surface area contributed by atoms with E-state index in [4.69, 9.17) is 4.42 Å². The predicted octanol–water partition coefficient (Wildman–Crippen LogP) is 2.25. The van der Waals surface area contributed by atoms with Gasteiger partial charge in [-0.25, -0.2) is 0 Å². The number of furan rings is 1. The van der Waals surface area contributed by atoms with Gasteiger partial charge in [-0.1, -0.05) is 13.8 Å². The van der Waals surface area contributed by atoms with Crippen LogP contribution >= 0.6 is 0 Å². The topological polar surface area (TPSA) is 42.2 Å². The lowest BCUT2D eigenvalue weighted by Gasteiger charge is -2.05. The molecule has 0 bridgehead atoms. The third-order valence-electron chi connectivity index (χ3n) is 1.85. The van der Waals surface area contributed by atoms with Gasteiger partial charge in [-0.3, -0.25) is 4.79 Å². The molecule has 1 aromatic rings. The fourth-order valence-electron chi connectivity index (χ4n) is 1.21. The Morgan fingerprint density at radius 1 is 1.50 bits per heavy atom. The molecule has 3 heteroatoms. The number of nitrogens with one attached hydrogen (secondary N) is 1. The second-order valence-electron chi connectivity index (χ2n) is 3.89. The molecule has 0 fully saturated rings. The van der Waals surface area contributed by atoms with Crippen molar-refractivity contribution in [1.29, 1.82) is 0 Å². The monoisotopic (exact) mass is 195 g/mol. The summed E-state index contributed by atoms with van der Waals surface area (Å²) in [5.41, 5.74) is 0. The second-order valence-corrected chi connectivity index (χ2v) is 3.89. The van der Waals surface area contributed by atoms with E-state index in [1.165, 1.54) is 0 Å². The molecule has 0 spiro atoms. The van der Waals surface area contributed by atoms with Crippen molar-refractivity contribution in [3.63, 3.8) is 0 Å². The largest absolute Gasteiger partial charge is 0.465 e. The minimum atomic E-state index is 0.0778. The van der Waals surface area contributed by atoms with E-state index in [1.54, 1.807) is 0 Å². The van der Waals surface area contributed by atoms with Gasteiger partial charge in [0, 0.05) is 6.42 Å². The fraction of sp³-hybridized carbons (Fsp3) is 0.545.